The van der Waals surface area contributed by atoms with Gasteiger partial charge >= 0.3 is 0 Å². The topological polar surface area (TPSA) is 38.7 Å². The lowest BCUT2D eigenvalue weighted by molar-refractivity contribution is -0.0413. The second-order valence-corrected chi connectivity index (χ2v) is 9.10. The standard InChI is InChI=1S/C23H44O3/c1-3-4-5-6-19-7-9-20(10-8-19)11-12-21-13-14-23(26-18-21)15-22(16-24)17-25-2/h19-24H,3-18H2,1-2H3. The molecular formula is C23H44O3. The molecule has 3 unspecified atom stereocenters. The maximum atomic E-state index is 9.41. The van der Waals surface area contributed by atoms with Gasteiger partial charge in [-0.3, -0.25) is 0 Å². The minimum absolute atomic E-state index is 0.207. The number of rotatable bonds is 12. The summed E-state index contributed by atoms with van der Waals surface area (Å²) in [6.45, 7) is 4.08. The van der Waals surface area contributed by atoms with E-state index in [0.29, 0.717) is 12.7 Å². The predicted octanol–water partition coefficient (Wildman–Crippen LogP) is 5.59. The van der Waals surface area contributed by atoms with E-state index >= 15 is 0 Å². The SMILES string of the molecule is CCCCCC1CCC(CCC2CCC(CC(CO)COC)OC2)CC1. The first-order chi connectivity index (χ1) is 12.7. The largest absolute Gasteiger partial charge is 0.396 e. The highest BCUT2D eigenvalue weighted by Crippen LogP contribution is 2.36. The Morgan fingerprint density at radius 1 is 0.923 bits per heavy atom. The van der Waals surface area contributed by atoms with E-state index in [1.807, 2.05) is 0 Å². The number of unbranched alkanes of at least 4 members (excludes halogenated alkanes) is 2. The lowest BCUT2D eigenvalue weighted by atomic mass is 9.77. The van der Waals surface area contributed by atoms with Crippen molar-refractivity contribution in [2.24, 2.45) is 23.7 Å². The summed E-state index contributed by atoms with van der Waals surface area (Å²) < 4.78 is 11.3. The fourth-order valence-corrected chi connectivity index (χ4v) is 5.04. The number of aliphatic hydroxyl groups is 1. The van der Waals surface area contributed by atoms with Gasteiger partial charge in [0, 0.05) is 26.2 Å². The molecule has 2 fully saturated rings. The highest BCUT2D eigenvalue weighted by Gasteiger charge is 2.26. The van der Waals surface area contributed by atoms with Gasteiger partial charge in [0.1, 0.15) is 0 Å². The van der Waals surface area contributed by atoms with Gasteiger partial charge in [0.25, 0.3) is 0 Å². The number of methoxy groups -OCH3 is 1. The van der Waals surface area contributed by atoms with Crippen molar-refractivity contribution in [1.82, 2.24) is 0 Å². The molecule has 1 aliphatic carbocycles. The van der Waals surface area contributed by atoms with Gasteiger partial charge in [0.2, 0.25) is 0 Å². The highest BCUT2D eigenvalue weighted by molar-refractivity contribution is 4.77. The maximum absolute atomic E-state index is 9.41. The van der Waals surface area contributed by atoms with Crippen LogP contribution in [0.3, 0.4) is 0 Å². The van der Waals surface area contributed by atoms with Gasteiger partial charge in [-0.1, -0.05) is 64.7 Å². The van der Waals surface area contributed by atoms with E-state index in [0.717, 1.165) is 37.2 Å². The first-order valence-electron chi connectivity index (χ1n) is 11.5. The third kappa shape index (κ3) is 8.27. The fraction of sp³-hybridized carbons (Fsp3) is 1.00. The zero-order valence-corrected chi connectivity index (χ0v) is 17.5. The van der Waals surface area contributed by atoms with Crippen LogP contribution in [0.15, 0.2) is 0 Å². The van der Waals surface area contributed by atoms with Crippen LogP contribution >= 0.6 is 0 Å². The molecule has 0 aromatic carbocycles. The maximum Gasteiger partial charge on any atom is 0.0579 e. The number of hydrogen-bond acceptors (Lipinski definition) is 3. The summed E-state index contributed by atoms with van der Waals surface area (Å²) in [6.07, 6.45) is 18.2. The molecular weight excluding hydrogens is 324 g/mol. The van der Waals surface area contributed by atoms with Gasteiger partial charge < -0.3 is 14.6 Å². The van der Waals surface area contributed by atoms with Crippen LogP contribution in [-0.4, -0.2) is 38.1 Å². The van der Waals surface area contributed by atoms with E-state index < -0.39 is 0 Å². The van der Waals surface area contributed by atoms with Crippen LogP contribution in [0.1, 0.15) is 90.4 Å². The van der Waals surface area contributed by atoms with Gasteiger partial charge in [0.15, 0.2) is 0 Å². The van der Waals surface area contributed by atoms with Gasteiger partial charge in [-0.05, 0) is 43.4 Å². The van der Waals surface area contributed by atoms with Gasteiger partial charge in [-0.2, -0.15) is 0 Å². The molecule has 0 radical (unpaired) electrons. The predicted molar refractivity (Wildman–Crippen MR) is 108 cm³/mol. The molecule has 2 rings (SSSR count). The molecule has 154 valence electrons. The normalized spacial score (nSPS) is 31.0. The molecule has 1 saturated heterocycles. The average molecular weight is 369 g/mol. The zero-order chi connectivity index (χ0) is 18.6. The van der Waals surface area contributed by atoms with Crippen molar-refractivity contribution in [3.8, 4) is 0 Å². The summed E-state index contributed by atoms with van der Waals surface area (Å²) in [6, 6.07) is 0. The van der Waals surface area contributed by atoms with E-state index in [2.05, 4.69) is 6.92 Å². The van der Waals surface area contributed by atoms with Crippen molar-refractivity contribution < 1.29 is 14.6 Å². The van der Waals surface area contributed by atoms with Gasteiger partial charge in [-0.25, -0.2) is 0 Å². The Bertz CT molecular complexity index is 330. The van der Waals surface area contributed by atoms with Crippen LogP contribution in [0, 0.1) is 23.7 Å². The smallest absolute Gasteiger partial charge is 0.0579 e. The quantitative estimate of drug-likeness (QED) is 0.456. The van der Waals surface area contributed by atoms with E-state index in [1.54, 1.807) is 7.11 Å². The summed E-state index contributed by atoms with van der Waals surface area (Å²) in [5, 5.41) is 9.41. The van der Waals surface area contributed by atoms with E-state index in [9.17, 15) is 5.11 Å². The van der Waals surface area contributed by atoms with Crippen molar-refractivity contribution in [1.29, 1.82) is 0 Å². The summed E-state index contributed by atoms with van der Waals surface area (Å²) in [5.74, 6) is 3.01. The number of ether oxygens (including phenoxy) is 2. The Morgan fingerprint density at radius 3 is 2.15 bits per heavy atom. The summed E-state index contributed by atoms with van der Waals surface area (Å²) >= 11 is 0. The Labute approximate surface area is 162 Å². The van der Waals surface area contributed by atoms with Crippen molar-refractivity contribution in [2.45, 2.75) is 96.5 Å². The molecule has 1 heterocycles. The molecule has 26 heavy (non-hydrogen) atoms. The molecule has 2 aliphatic rings. The minimum Gasteiger partial charge on any atom is -0.396 e. The minimum atomic E-state index is 0.207. The lowest BCUT2D eigenvalue weighted by Gasteiger charge is -2.33. The molecule has 0 bridgehead atoms. The molecule has 3 nitrogen and oxygen atoms in total. The summed E-state index contributed by atoms with van der Waals surface area (Å²) in [4.78, 5) is 0. The Hall–Kier alpha value is -0.120. The Morgan fingerprint density at radius 2 is 1.58 bits per heavy atom. The molecule has 1 saturated carbocycles. The molecule has 0 amide bonds. The number of aliphatic hydroxyl groups excluding tert-OH is 1. The van der Waals surface area contributed by atoms with Crippen LogP contribution in [-0.2, 0) is 9.47 Å². The molecule has 0 aromatic rings. The number of hydrogen-bond donors (Lipinski definition) is 1. The van der Waals surface area contributed by atoms with E-state index in [-0.39, 0.29) is 12.5 Å². The second kappa shape index (κ2) is 13.1. The van der Waals surface area contributed by atoms with Gasteiger partial charge in [0.05, 0.1) is 12.7 Å². The van der Waals surface area contributed by atoms with Crippen LogP contribution in [0.5, 0.6) is 0 Å². The van der Waals surface area contributed by atoms with Crippen LogP contribution in [0.4, 0.5) is 0 Å². The molecule has 3 atom stereocenters. The molecule has 3 heteroatoms. The van der Waals surface area contributed by atoms with E-state index in [4.69, 9.17) is 9.47 Å². The van der Waals surface area contributed by atoms with Gasteiger partial charge in [-0.15, -0.1) is 0 Å². The third-order valence-corrected chi connectivity index (χ3v) is 6.89. The van der Waals surface area contributed by atoms with Crippen LogP contribution in [0.2, 0.25) is 0 Å². The third-order valence-electron chi connectivity index (χ3n) is 6.89. The molecule has 0 aromatic heterocycles. The lowest BCUT2D eigenvalue weighted by Crippen LogP contribution is -2.30. The first kappa shape index (κ1) is 22.2. The van der Waals surface area contributed by atoms with Crippen molar-refractivity contribution in [2.75, 3.05) is 26.9 Å². The first-order valence-corrected chi connectivity index (χ1v) is 11.5. The molecule has 0 spiro atoms. The van der Waals surface area contributed by atoms with Crippen molar-refractivity contribution >= 4 is 0 Å². The van der Waals surface area contributed by atoms with Crippen molar-refractivity contribution in [3.63, 3.8) is 0 Å². The average Bonchev–Trinajstić information content (AvgIpc) is 2.68. The Balaban J connectivity index is 1.54. The van der Waals surface area contributed by atoms with E-state index in [1.165, 1.54) is 70.6 Å². The molecule has 1 aliphatic heterocycles. The monoisotopic (exact) mass is 368 g/mol. The second-order valence-electron chi connectivity index (χ2n) is 9.10. The summed E-state index contributed by atoms with van der Waals surface area (Å²) in [7, 11) is 1.71. The van der Waals surface area contributed by atoms with Crippen LogP contribution < -0.4 is 0 Å². The van der Waals surface area contributed by atoms with Crippen LogP contribution in [0.25, 0.3) is 0 Å². The molecule has 1 N–H and O–H groups in total. The zero-order valence-electron chi connectivity index (χ0n) is 17.5. The fourth-order valence-electron chi connectivity index (χ4n) is 5.04. The highest BCUT2D eigenvalue weighted by atomic mass is 16.5. The summed E-state index contributed by atoms with van der Waals surface area (Å²) in [5.41, 5.74) is 0. The Kier molecular flexibility index (Phi) is 11.2. The van der Waals surface area contributed by atoms with Crippen molar-refractivity contribution in [3.05, 3.63) is 0 Å².